The molecule has 106 valence electrons. The van der Waals surface area contributed by atoms with E-state index < -0.39 is 0 Å². The number of amides is 1. The van der Waals surface area contributed by atoms with Crippen molar-refractivity contribution in [2.45, 2.75) is 59.8 Å². The van der Waals surface area contributed by atoms with Crippen LogP contribution in [0.5, 0.6) is 0 Å². The Morgan fingerprint density at radius 1 is 1.00 bits per heavy atom. The molecular weight excluding hydrogens is 226 g/mol. The van der Waals surface area contributed by atoms with Gasteiger partial charge >= 0.3 is 0 Å². The lowest BCUT2D eigenvalue weighted by Crippen LogP contribution is -2.27. The molecule has 0 atom stereocenters. The molecule has 0 aromatic carbocycles. The van der Waals surface area contributed by atoms with Crippen molar-refractivity contribution in [1.82, 2.24) is 4.90 Å². The first-order valence-electron chi connectivity index (χ1n) is 7.11. The van der Waals surface area contributed by atoms with E-state index in [2.05, 4.69) is 13.8 Å². The third-order valence-electron chi connectivity index (χ3n) is 3.16. The molecule has 0 N–H and O–H groups in total. The number of Topliss-reactive ketones (excluding diaryl/α,β-unsaturated/α-hetero) is 1. The average molecular weight is 255 g/mol. The van der Waals surface area contributed by atoms with Crippen molar-refractivity contribution in [3.63, 3.8) is 0 Å². The maximum absolute atomic E-state index is 11.8. The third-order valence-corrected chi connectivity index (χ3v) is 3.16. The Balaban J connectivity index is 3.71. The van der Waals surface area contributed by atoms with Gasteiger partial charge in [0.05, 0.1) is 0 Å². The van der Waals surface area contributed by atoms with E-state index in [-0.39, 0.29) is 17.6 Å². The van der Waals surface area contributed by atoms with Crippen LogP contribution >= 0.6 is 0 Å². The Labute approximate surface area is 112 Å². The molecular formula is C15H29NO2. The molecule has 1 amide bonds. The molecule has 0 radical (unpaired) electrons. The van der Waals surface area contributed by atoms with Crippen LogP contribution in [0.3, 0.4) is 0 Å². The van der Waals surface area contributed by atoms with E-state index in [1.54, 1.807) is 4.90 Å². The lowest BCUT2D eigenvalue weighted by molar-refractivity contribution is -0.130. The van der Waals surface area contributed by atoms with E-state index in [0.717, 1.165) is 19.4 Å². The van der Waals surface area contributed by atoms with Crippen molar-refractivity contribution in [1.29, 1.82) is 0 Å². The number of nitrogens with zero attached hydrogens (tertiary/aromatic N) is 1. The van der Waals surface area contributed by atoms with Crippen LogP contribution in [0.4, 0.5) is 0 Å². The van der Waals surface area contributed by atoms with Gasteiger partial charge in [-0.3, -0.25) is 9.59 Å². The van der Waals surface area contributed by atoms with Gasteiger partial charge in [-0.25, -0.2) is 0 Å². The van der Waals surface area contributed by atoms with Crippen molar-refractivity contribution in [2.75, 3.05) is 13.6 Å². The number of hydrogen-bond donors (Lipinski definition) is 0. The summed E-state index contributed by atoms with van der Waals surface area (Å²) in [5.74, 6) is 1.20. The zero-order valence-corrected chi connectivity index (χ0v) is 12.7. The molecule has 3 nitrogen and oxygen atoms in total. The van der Waals surface area contributed by atoms with Gasteiger partial charge in [-0.15, -0.1) is 0 Å². The maximum atomic E-state index is 11.8. The minimum Gasteiger partial charge on any atom is -0.346 e. The Morgan fingerprint density at radius 2 is 1.61 bits per heavy atom. The zero-order chi connectivity index (χ0) is 14.1. The van der Waals surface area contributed by atoms with Gasteiger partial charge in [0.15, 0.2) is 0 Å². The summed E-state index contributed by atoms with van der Waals surface area (Å²) in [6.45, 7) is 9.03. The van der Waals surface area contributed by atoms with Crippen molar-refractivity contribution >= 4 is 11.7 Å². The van der Waals surface area contributed by atoms with Crippen LogP contribution < -0.4 is 0 Å². The summed E-state index contributed by atoms with van der Waals surface area (Å²) in [5, 5.41) is 0. The van der Waals surface area contributed by atoms with Crippen molar-refractivity contribution in [3.05, 3.63) is 0 Å². The molecule has 0 aliphatic heterocycles. The smallest absolute Gasteiger partial charge is 0.222 e. The van der Waals surface area contributed by atoms with Crippen LogP contribution in [-0.2, 0) is 9.59 Å². The molecule has 0 saturated heterocycles. The van der Waals surface area contributed by atoms with Gasteiger partial charge in [-0.2, -0.15) is 0 Å². The number of hydrogen-bond acceptors (Lipinski definition) is 2. The lowest BCUT2D eigenvalue weighted by atomic mass is 10.0. The Kier molecular flexibility index (Phi) is 8.69. The van der Waals surface area contributed by atoms with Crippen molar-refractivity contribution in [3.8, 4) is 0 Å². The predicted octanol–water partition coefficient (Wildman–Crippen LogP) is 3.28. The monoisotopic (exact) mass is 255 g/mol. The van der Waals surface area contributed by atoms with E-state index in [1.807, 2.05) is 20.9 Å². The minimum absolute atomic E-state index is 0.0869. The summed E-state index contributed by atoms with van der Waals surface area (Å²) in [6, 6.07) is 0. The first kappa shape index (κ1) is 17.1. The number of ketones is 1. The van der Waals surface area contributed by atoms with E-state index in [9.17, 15) is 9.59 Å². The number of rotatable bonds is 9. The second-order valence-electron chi connectivity index (χ2n) is 5.83. The summed E-state index contributed by atoms with van der Waals surface area (Å²) in [7, 11) is 1.85. The molecule has 0 aliphatic rings. The van der Waals surface area contributed by atoms with Crippen LogP contribution in [0.25, 0.3) is 0 Å². The van der Waals surface area contributed by atoms with Crippen LogP contribution in [0.1, 0.15) is 59.8 Å². The number of carbonyl (C=O) groups is 2. The fourth-order valence-electron chi connectivity index (χ4n) is 1.75. The van der Waals surface area contributed by atoms with E-state index in [0.29, 0.717) is 25.2 Å². The maximum Gasteiger partial charge on any atom is 0.222 e. The molecule has 18 heavy (non-hydrogen) atoms. The molecule has 0 saturated carbocycles. The molecule has 0 aromatic rings. The quantitative estimate of drug-likeness (QED) is 0.634. The van der Waals surface area contributed by atoms with Crippen molar-refractivity contribution < 1.29 is 9.59 Å². The summed E-state index contributed by atoms with van der Waals surface area (Å²) in [4.78, 5) is 25.0. The average Bonchev–Trinajstić information content (AvgIpc) is 2.27. The lowest BCUT2D eigenvalue weighted by Gasteiger charge is -2.17. The van der Waals surface area contributed by atoms with Gasteiger partial charge < -0.3 is 4.90 Å². The molecule has 0 unspecified atom stereocenters. The van der Waals surface area contributed by atoms with Crippen LogP contribution in [0, 0.1) is 11.8 Å². The summed E-state index contributed by atoms with van der Waals surface area (Å²) >= 11 is 0. The topological polar surface area (TPSA) is 37.4 Å². The van der Waals surface area contributed by atoms with Crippen molar-refractivity contribution in [2.24, 2.45) is 11.8 Å². The van der Waals surface area contributed by atoms with Gasteiger partial charge in [-0.05, 0) is 25.2 Å². The van der Waals surface area contributed by atoms with Crippen LogP contribution in [0.15, 0.2) is 0 Å². The fourth-order valence-corrected chi connectivity index (χ4v) is 1.75. The van der Waals surface area contributed by atoms with E-state index >= 15 is 0 Å². The van der Waals surface area contributed by atoms with Crippen LogP contribution in [0.2, 0.25) is 0 Å². The molecule has 0 fully saturated rings. The Hall–Kier alpha value is -0.860. The molecule has 0 bridgehead atoms. The first-order chi connectivity index (χ1) is 8.34. The molecule has 0 aromatic heterocycles. The third kappa shape index (κ3) is 8.26. The fraction of sp³-hybridized carbons (Fsp3) is 0.867. The minimum atomic E-state index is 0.0869. The van der Waals surface area contributed by atoms with Gasteiger partial charge in [0.1, 0.15) is 5.78 Å². The van der Waals surface area contributed by atoms with E-state index in [4.69, 9.17) is 0 Å². The predicted molar refractivity (Wildman–Crippen MR) is 75.4 cm³/mol. The zero-order valence-electron chi connectivity index (χ0n) is 12.7. The highest BCUT2D eigenvalue weighted by Crippen LogP contribution is 2.08. The molecule has 0 spiro atoms. The second kappa shape index (κ2) is 9.12. The van der Waals surface area contributed by atoms with Gasteiger partial charge in [0.2, 0.25) is 5.91 Å². The molecule has 0 heterocycles. The van der Waals surface area contributed by atoms with Crippen LogP contribution in [-0.4, -0.2) is 30.2 Å². The highest BCUT2D eigenvalue weighted by atomic mass is 16.2. The largest absolute Gasteiger partial charge is 0.346 e. The highest BCUT2D eigenvalue weighted by molar-refractivity contribution is 5.81. The summed E-state index contributed by atoms with van der Waals surface area (Å²) < 4.78 is 0. The highest BCUT2D eigenvalue weighted by Gasteiger charge is 2.11. The number of carbonyl (C=O) groups excluding carboxylic acids is 2. The SMILES string of the molecule is CC(C)CCCN(C)C(=O)CCCC(=O)C(C)C. The molecule has 3 heteroatoms. The standard InChI is InChI=1S/C15H29NO2/c1-12(2)8-7-11-16(5)15(18)10-6-9-14(17)13(3)4/h12-13H,6-11H2,1-5H3. The Bertz CT molecular complexity index is 259. The van der Waals surface area contributed by atoms with Gasteiger partial charge in [0.25, 0.3) is 0 Å². The summed E-state index contributed by atoms with van der Waals surface area (Å²) in [6.07, 6.45) is 3.93. The molecule has 0 rings (SSSR count). The second-order valence-corrected chi connectivity index (χ2v) is 5.83. The van der Waals surface area contributed by atoms with E-state index in [1.165, 1.54) is 0 Å². The van der Waals surface area contributed by atoms with Gasteiger partial charge in [-0.1, -0.05) is 27.7 Å². The molecule has 0 aliphatic carbocycles. The summed E-state index contributed by atoms with van der Waals surface area (Å²) in [5.41, 5.74) is 0. The Morgan fingerprint density at radius 3 is 2.11 bits per heavy atom. The normalized spacial score (nSPS) is 11.1. The van der Waals surface area contributed by atoms with Gasteiger partial charge in [0, 0.05) is 32.4 Å². The first-order valence-corrected chi connectivity index (χ1v) is 7.11.